The SMILES string of the molecule is FC(F)(F)Oc1ccc([C@H]2CN3CCC[C@H]3c3cc(OCCCN4CCCCC4)ccc32)cc1. The molecular formula is C27H33F3N2O2. The zero-order valence-electron chi connectivity index (χ0n) is 19.5. The number of rotatable bonds is 7. The molecule has 3 heterocycles. The van der Waals surface area contributed by atoms with Gasteiger partial charge in [0.25, 0.3) is 0 Å². The van der Waals surface area contributed by atoms with Crippen LogP contribution in [0.5, 0.6) is 11.5 Å². The lowest BCUT2D eigenvalue weighted by molar-refractivity contribution is -0.274. The number of ether oxygens (including phenoxy) is 2. The lowest BCUT2D eigenvalue weighted by Crippen LogP contribution is -2.34. The van der Waals surface area contributed by atoms with Crippen molar-refractivity contribution in [3.8, 4) is 11.5 Å². The largest absolute Gasteiger partial charge is 0.573 e. The molecular weight excluding hydrogens is 441 g/mol. The quantitative estimate of drug-likeness (QED) is 0.451. The van der Waals surface area contributed by atoms with E-state index in [9.17, 15) is 13.2 Å². The summed E-state index contributed by atoms with van der Waals surface area (Å²) in [6.07, 6.45) is 2.62. The molecule has 0 saturated carbocycles. The molecule has 7 heteroatoms. The lowest BCUT2D eigenvalue weighted by Gasteiger charge is -2.37. The molecule has 2 aromatic rings. The standard InChI is InChI=1S/C27H33F3N2O2/c28-27(29,30)34-21-9-7-20(8-10-21)25-19-32-16-4-6-26(32)24-18-22(11-12-23(24)25)33-17-5-15-31-13-2-1-3-14-31/h7-12,18,25-26H,1-6,13-17,19H2/t25-,26+/m1/s1. The number of likely N-dealkylation sites (tertiary alicyclic amines) is 1. The van der Waals surface area contributed by atoms with Crippen LogP contribution in [0.1, 0.15) is 67.2 Å². The molecule has 0 unspecified atom stereocenters. The van der Waals surface area contributed by atoms with Crippen molar-refractivity contribution in [3.63, 3.8) is 0 Å². The Balaban J connectivity index is 1.28. The number of benzene rings is 2. The van der Waals surface area contributed by atoms with Gasteiger partial charge >= 0.3 is 6.36 Å². The fourth-order valence-electron chi connectivity index (χ4n) is 5.83. The predicted molar refractivity (Wildman–Crippen MR) is 125 cm³/mol. The van der Waals surface area contributed by atoms with Gasteiger partial charge in [-0.2, -0.15) is 0 Å². The molecule has 0 bridgehead atoms. The van der Waals surface area contributed by atoms with Gasteiger partial charge in [0, 0.05) is 25.0 Å². The Hall–Kier alpha value is -2.25. The smallest absolute Gasteiger partial charge is 0.494 e. The molecule has 2 aromatic carbocycles. The minimum atomic E-state index is -4.67. The highest BCUT2D eigenvalue weighted by Crippen LogP contribution is 2.45. The van der Waals surface area contributed by atoms with Crippen molar-refractivity contribution in [3.05, 3.63) is 59.2 Å². The van der Waals surface area contributed by atoms with Gasteiger partial charge in [-0.3, -0.25) is 4.90 Å². The maximum atomic E-state index is 12.5. The first-order valence-electron chi connectivity index (χ1n) is 12.5. The van der Waals surface area contributed by atoms with E-state index in [0.29, 0.717) is 12.6 Å². The van der Waals surface area contributed by atoms with Gasteiger partial charge in [-0.05, 0) is 92.7 Å². The van der Waals surface area contributed by atoms with Crippen LogP contribution < -0.4 is 9.47 Å². The van der Waals surface area contributed by atoms with Crippen LogP contribution >= 0.6 is 0 Å². The second-order valence-electron chi connectivity index (χ2n) is 9.72. The Morgan fingerprint density at radius 2 is 1.62 bits per heavy atom. The van der Waals surface area contributed by atoms with Crippen LogP contribution in [0, 0.1) is 0 Å². The first-order chi connectivity index (χ1) is 16.5. The van der Waals surface area contributed by atoms with Gasteiger partial charge in [-0.1, -0.05) is 24.6 Å². The molecule has 0 radical (unpaired) electrons. The van der Waals surface area contributed by atoms with Gasteiger partial charge in [-0.25, -0.2) is 0 Å². The second kappa shape index (κ2) is 10.2. The van der Waals surface area contributed by atoms with Crippen LogP contribution in [-0.2, 0) is 0 Å². The van der Waals surface area contributed by atoms with Gasteiger partial charge < -0.3 is 14.4 Å². The maximum absolute atomic E-state index is 12.5. The van der Waals surface area contributed by atoms with Gasteiger partial charge in [0.2, 0.25) is 0 Å². The molecule has 2 fully saturated rings. The summed E-state index contributed by atoms with van der Waals surface area (Å²) in [6.45, 7) is 6.16. The maximum Gasteiger partial charge on any atom is 0.573 e. The molecule has 3 aliphatic heterocycles. The second-order valence-corrected chi connectivity index (χ2v) is 9.72. The van der Waals surface area contributed by atoms with E-state index in [1.54, 1.807) is 12.1 Å². The summed E-state index contributed by atoms with van der Waals surface area (Å²) in [5.74, 6) is 0.857. The summed E-state index contributed by atoms with van der Waals surface area (Å²) in [5, 5.41) is 0. The van der Waals surface area contributed by atoms with Crippen LogP contribution in [0.2, 0.25) is 0 Å². The summed E-state index contributed by atoms with van der Waals surface area (Å²) < 4.78 is 47.8. The van der Waals surface area contributed by atoms with E-state index < -0.39 is 6.36 Å². The highest BCUT2D eigenvalue weighted by atomic mass is 19.4. The highest BCUT2D eigenvalue weighted by molar-refractivity contribution is 5.47. The lowest BCUT2D eigenvalue weighted by atomic mass is 9.81. The molecule has 5 rings (SSSR count). The van der Waals surface area contributed by atoms with E-state index >= 15 is 0 Å². The van der Waals surface area contributed by atoms with Gasteiger partial charge in [-0.15, -0.1) is 13.2 Å². The van der Waals surface area contributed by atoms with Gasteiger partial charge in [0.15, 0.2) is 0 Å². The summed E-state index contributed by atoms with van der Waals surface area (Å²) in [6, 6.07) is 13.2. The zero-order chi connectivity index (χ0) is 23.5. The van der Waals surface area contributed by atoms with Crippen LogP contribution in [0.4, 0.5) is 13.2 Å². The first-order valence-corrected chi connectivity index (χ1v) is 12.5. The molecule has 4 nitrogen and oxygen atoms in total. The Labute approximate surface area is 199 Å². The topological polar surface area (TPSA) is 24.9 Å². The van der Waals surface area contributed by atoms with Crippen molar-refractivity contribution in [1.82, 2.24) is 9.80 Å². The molecule has 0 aromatic heterocycles. The third-order valence-electron chi connectivity index (χ3n) is 7.43. The van der Waals surface area contributed by atoms with Crippen LogP contribution in [0.15, 0.2) is 42.5 Å². The average Bonchev–Trinajstić information content (AvgIpc) is 3.31. The summed E-state index contributed by atoms with van der Waals surface area (Å²) in [7, 11) is 0. The summed E-state index contributed by atoms with van der Waals surface area (Å²) in [5.41, 5.74) is 3.57. The summed E-state index contributed by atoms with van der Waals surface area (Å²) >= 11 is 0. The number of hydrogen-bond donors (Lipinski definition) is 0. The molecule has 2 atom stereocenters. The van der Waals surface area contributed by atoms with Crippen molar-refractivity contribution >= 4 is 0 Å². The predicted octanol–water partition coefficient (Wildman–Crippen LogP) is 6.12. The zero-order valence-corrected chi connectivity index (χ0v) is 19.5. The monoisotopic (exact) mass is 474 g/mol. The Morgan fingerprint density at radius 3 is 2.38 bits per heavy atom. The molecule has 0 spiro atoms. The number of nitrogens with zero attached hydrogens (tertiary/aromatic N) is 2. The average molecular weight is 475 g/mol. The van der Waals surface area contributed by atoms with E-state index in [2.05, 4.69) is 32.7 Å². The fraction of sp³-hybridized carbons (Fsp3) is 0.556. The minimum absolute atomic E-state index is 0.123. The molecule has 0 N–H and O–H groups in total. The molecule has 184 valence electrons. The molecule has 0 amide bonds. The van der Waals surface area contributed by atoms with E-state index in [1.165, 1.54) is 55.6 Å². The number of piperidine rings is 1. The molecule has 0 aliphatic carbocycles. The van der Waals surface area contributed by atoms with Gasteiger partial charge in [0.05, 0.1) is 6.61 Å². The Bertz CT molecular complexity index is 957. The van der Waals surface area contributed by atoms with Crippen molar-refractivity contribution in [1.29, 1.82) is 0 Å². The first kappa shape index (κ1) is 23.5. The summed E-state index contributed by atoms with van der Waals surface area (Å²) in [4.78, 5) is 5.04. The van der Waals surface area contributed by atoms with Crippen molar-refractivity contribution in [2.24, 2.45) is 0 Å². The number of hydrogen-bond acceptors (Lipinski definition) is 4. The highest BCUT2D eigenvalue weighted by Gasteiger charge is 2.37. The molecule has 3 aliphatic rings. The van der Waals surface area contributed by atoms with Crippen molar-refractivity contribution in [2.45, 2.75) is 56.8 Å². The van der Waals surface area contributed by atoms with E-state index in [-0.39, 0.29) is 11.7 Å². The van der Waals surface area contributed by atoms with Crippen LogP contribution in [-0.4, -0.2) is 55.5 Å². The Kier molecular flexibility index (Phi) is 7.02. The van der Waals surface area contributed by atoms with Crippen molar-refractivity contribution < 1.29 is 22.6 Å². The van der Waals surface area contributed by atoms with Crippen LogP contribution in [0.3, 0.4) is 0 Å². The third kappa shape index (κ3) is 5.52. The van der Waals surface area contributed by atoms with Crippen molar-refractivity contribution in [2.75, 3.05) is 39.3 Å². The number of alkyl halides is 3. The Morgan fingerprint density at radius 1 is 0.853 bits per heavy atom. The molecule has 2 saturated heterocycles. The van der Waals surface area contributed by atoms with E-state index in [1.807, 2.05) is 0 Å². The van der Waals surface area contributed by atoms with Gasteiger partial charge in [0.1, 0.15) is 11.5 Å². The normalized spacial score (nSPS) is 23.4. The number of fused-ring (bicyclic) bond motifs is 3. The fourth-order valence-corrected chi connectivity index (χ4v) is 5.83. The minimum Gasteiger partial charge on any atom is -0.494 e. The third-order valence-corrected chi connectivity index (χ3v) is 7.43. The van der Waals surface area contributed by atoms with E-state index in [4.69, 9.17) is 4.74 Å². The number of halogens is 3. The molecule has 34 heavy (non-hydrogen) atoms. The van der Waals surface area contributed by atoms with E-state index in [0.717, 1.165) is 50.2 Å². The van der Waals surface area contributed by atoms with Crippen LogP contribution in [0.25, 0.3) is 0 Å².